The Labute approximate surface area is 126 Å². The van der Waals surface area contributed by atoms with Gasteiger partial charge < -0.3 is 15.2 Å². The van der Waals surface area contributed by atoms with Gasteiger partial charge in [-0.1, -0.05) is 6.07 Å². The fourth-order valence-corrected chi connectivity index (χ4v) is 2.31. The van der Waals surface area contributed by atoms with Gasteiger partial charge in [-0.15, -0.1) is 0 Å². The van der Waals surface area contributed by atoms with Crippen LogP contribution in [0, 0.1) is 6.92 Å². The zero-order chi connectivity index (χ0) is 14.5. The molecule has 0 amide bonds. The Morgan fingerprint density at radius 1 is 1.45 bits per heavy atom. The molecule has 0 aliphatic heterocycles. The smallest absolute Gasteiger partial charge is 0.148 e. The molecule has 0 fully saturated rings. The monoisotopic (exact) mass is 339 g/mol. The molecular weight excluding hydrogens is 322 g/mol. The Bertz CT molecular complexity index is 571. The van der Waals surface area contributed by atoms with E-state index < -0.39 is 6.10 Å². The number of anilines is 1. The third kappa shape index (κ3) is 4.25. The molecule has 2 N–H and O–H groups in total. The Balaban J connectivity index is 1.78. The summed E-state index contributed by atoms with van der Waals surface area (Å²) in [5, 5.41) is 17.1. The zero-order valence-corrected chi connectivity index (χ0v) is 13.1. The first-order chi connectivity index (χ1) is 9.54. The van der Waals surface area contributed by atoms with Crippen LogP contribution in [0.3, 0.4) is 0 Å². The van der Waals surface area contributed by atoms with Gasteiger partial charge in [-0.05, 0) is 40.5 Å². The van der Waals surface area contributed by atoms with Crippen LogP contribution in [0.1, 0.15) is 5.56 Å². The molecular formula is C14H18BrN3O2. The van der Waals surface area contributed by atoms with Crippen LogP contribution in [-0.4, -0.2) is 34.1 Å². The number of rotatable bonds is 6. The van der Waals surface area contributed by atoms with E-state index in [-0.39, 0.29) is 6.61 Å². The molecule has 1 aromatic heterocycles. The molecule has 2 aromatic rings. The average molecular weight is 340 g/mol. The van der Waals surface area contributed by atoms with E-state index in [9.17, 15) is 5.11 Å². The number of hydrogen-bond acceptors (Lipinski definition) is 4. The van der Waals surface area contributed by atoms with Crippen LogP contribution in [-0.2, 0) is 7.05 Å². The Kier molecular flexibility index (Phi) is 5.03. The van der Waals surface area contributed by atoms with Crippen molar-refractivity contribution in [3.8, 4) is 5.75 Å². The summed E-state index contributed by atoms with van der Waals surface area (Å²) in [5.74, 6) is 1.47. The number of nitrogens with one attached hydrogen (secondary N) is 1. The number of aryl methyl sites for hydroxylation is 2. The van der Waals surface area contributed by atoms with Crippen molar-refractivity contribution in [1.82, 2.24) is 9.78 Å². The molecule has 0 saturated heterocycles. The summed E-state index contributed by atoms with van der Waals surface area (Å²) in [6.45, 7) is 2.63. The lowest BCUT2D eigenvalue weighted by molar-refractivity contribution is 0.117. The molecule has 0 aliphatic rings. The standard InChI is InChI=1S/C14H18BrN3O2/c1-10-3-4-13(12(15)7-10)20-9-11(19)8-16-14-5-6-18(2)17-14/h3-7,11,19H,8-9H2,1-2H3,(H,16,17). The number of hydrogen-bond donors (Lipinski definition) is 2. The second-order valence-corrected chi connectivity index (χ2v) is 5.51. The molecule has 0 saturated carbocycles. The highest BCUT2D eigenvalue weighted by atomic mass is 79.9. The third-order valence-corrected chi connectivity index (χ3v) is 3.37. The molecule has 0 spiro atoms. The van der Waals surface area contributed by atoms with Crippen LogP contribution in [0.4, 0.5) is 5.82 Å². The first-order valence-electron chi connectivity index (χ1n) is 6.35. The van der Waals surface area contributed by atoms with Crippen molar-refractivity contribution >= 4 is 21.7 Å². The van der Waals surface area contributed by atoms with E-state index in [0.717, 1.165) is 21.6 Å². The highest BCUT2D eigenvalue weighted by Gasteiger charge is 2.08. The summed E-state index contributed by atoms with van der Waals surface area (Å²) in [5.41, 5.74) is 1.15. The molecule has 108 valence electrons. The van der Waals surface area contributed by atoms with Crippen molar-refractivity contribution in [3.63, 3.8) is 0 Å². The fraction of sp³-hybridized carbons (Fsp3) is 0.357. The number of ether oxygens (including phenoxy) is 1. The summed E-state index contributed by atoms with van der Waals surface area (Å²) in [4.78, 5) is 0. The molecule has 1 heterocycles. The minimum atomic E-state index is -0.606. The second-order valence-electron chi connectivity index (χ2n) is 4.65. The summed E-state index contributed by atoms with van der Waals surface area (Å²) in [6, 6.07) is 7.69. The first kappa shape index (κ1) is 14.9. The average Bonchev–Trinajstić information content (AvgIpc) is 2.81. The van der Waals surface area contributed by atoms with Gasteiger partial charge in [-0.25, -0.2) is 0 Å². The van der Waals surface area contributed by atoms with Gasteiger partial charge >= 0.3 is 0 Å². The summed E-state index contributed by atoms with van der Waals surface area (Å²) >= 11 is 3.44. The highest BCUT2D eigenvalue weighted by Crippen LogP contribution is 2.25. The van der Waals surface area contributed by atoms with Gasteiger partial charge in [0, 0.05) is 25.9 Å². The first-order valence-corrected chi connectivity index (χ1v) is 7.14. The largest absolute Gasteiger partial charge is 0.490 e. The van der Waals surface area contributed by atoms with E-state index >= 15 is 0 Å². The van der Waals surface area contributed by atoms with Crippen molar-refractivity contribution in [2.45, 2.75) is 13.0 Å². The quantitative estimate of drug-likeness (QED) is 0.848. The maximum atomic E-state index is 9.89. The molecule has 20 heavy (non-hydrogen) atoms. The summed E-state index contributed by atoms with van der Waals surface area (Å²) < 4.78 is 8.18. The lowest BCUT2D eigenvalue weighted by Crippen LogP contribution is -2.26. The number of aromatic nitrogens is 2. The van der Waals surface area contributed by atoms with E-state index in [2.05, 4.69) is 26.3 Å². The van der Waals surface area contributed by atoms with Gasteiger partial charge in [0.2, 0.25) is 0 Å². The van der Waals surface area contributed by atoms with Gasteiger partial charge in [-0.3, -0.25) is 4.68 Å². The molecule has 0 radical (unpaired) electrons. The Hall–Kier alpha value is -1.53. The number of halogens is 1. The van der Waals surface area contributed by atoms with Crippen molar-refractivity contribution in [2.24, 2.45) is 7.05 Å². The van der Waals surface area contributed by atoms with Crippen LogP contribution in [0.15, 0.2) is 34.9 Å². The molecule has 0 bridgehead atoms. The van der Waals surface area contributed by atoms with E-state index in [1.807, 2.05) is 44.4 Å². The molecule has 1 atom stereocenters. The van der Waals surface area contributed by atoms with Crippen LogP contribution in [0.5, 0.6) is 5.75 Å². The minimum Gasteiger partial charge on any atom is -0.490 e. The normalized spacial score (nSPS) is 12.2. The van der Waals surface area contributed by atoms with Crippen LogP contribution in [0.2, 0.25) is 0 Å². The molecule has 2 rings (SSSR count). The number of aliphatic hydroxyl groups excluding tert-OH is 1. The van der Waals surface area contributed by atoms with Crippen molar-refractivity contribution in [2.75, 3.05) is 18.5 Å². The molecule has 1 aromatic carbocycles. The molecule has 1 unspecified atom stereocenters. The van der Waals surface area contributed by atoms with Crippen LogP contribution < -0.4 is 10.1 Å². The molecule has 0 aliphatic carbocycles. The summed E-state index contributed by atoms with van der Waals surface area (Å²) in [6.07, 6.45) is 1.24. The topological polar surface area (TPSA) is 59.3 Å². The lowest BCUT2D eigenvalue weighted by Gasteiger charge is -2.14. The van der Waals surface area contributed by atoms with Gasteiger partial charge in [0.05, 0.1) is 4.47 Å². The maximum absolute atomic E-state index is 9.89. The Morgan fingerprint density at radius 3 is 2.90 bits per heavy atom. The van der Waals surface area contributed by atoms with E-state index in [0.29, 0.717) is 6.54 Å². The van der Waals surface area contributed by atoms with E-state index in [1.165, 1.54) is 0 Å². The lowest BCUT2D eigenvalue weighted by atomic mass is 10.2. The molecule has 5 nitrogen and oxygen atoms in total. The number of aliphatic hydroxyl groups is 1. The predicted octanol–water partition coefficient (Wildman–Crippen LogP) is 2.34. The van der Waals surface area contributed by atoms with Crippen LogP contribution >= 0.6 is 15.9 Å². The second kappa shape index (κ2) is 6.76. The molecule has 6 heteroatoms. The van der Waals surface area contributed by atoms with E-state index in [4.69, 9.17) is 4.74 Å². The maximum Gasteiger partial charge on any atom is 0.148 e. The zero-order valence-electron chi connectivity index (χ0n) is 11.5. The summed E-state index contributed by atoms with van der Waals surface area (Å²) in [7, 11) is 1.85. The fourth-order valence-electron chi connectivity index (χ4n) is 1.70. The Morgan fingerprint density at radius 2 is 2.25 bits per heavy atom. The van der Waals surface area contributed by atoms with E-state index in [1.54, 1.807) is 4.68 Å². The third-order valence-electron chi connectivity index (χ3n) is 2.75. The number of benzene rings is 1. The number of nitrogens with zero attached hydrogens (tertiary/aromatic N) is 2. The highest BCUT2D eigenvalue weighted by molar-refractivity contribution is 9.10. The minimum absolute atomic E-state index is 0.224. The van der Waals surface area contributed by atoms with Gasteiger partial charge in [0.1, 0.15) is 24.3 Å². The van der Waals surface area contributed by atoms with Crippen molar-refractivity contribution in [1.29, 1.82) is 0 Å². The van der Waals surface area contributed by atoms with Crippen molar-refractivity contribution in [3.05, 3.63) is 40.5 Å². The SMILES string of the molecule is Cc1ccc(OCC(O)CNc2ccn(C)n2)c(Br)c1. The van der Waals surface area contributed by atoms with Crippen molar-refractivity contribution < 1.29 is 9.84 Å². The van der Waals surface area contributed by atoms with Gasteiger partial charge in [0.25, 0.3) is 0 Å². The predicted molar refractivity (Wildman–Crippen MR) is 82.1 cm³/mol. The van der Waals surface area contributed by atoms with Gasteiger partial charge in [-0.2, -0.15) is 5.10 Å². The van der Waals surface area contributed by atoms with Gasteiger partial charge in [0.15, 0.2) is 0 Å². The van der Waals surface area contributed by atoms with Crippen LogP contribution in [0.25, 0.3) is 0 Å².